The first-order chi connectivity index (χ1) is 29.8. The van der Waals surface area contributed by atoms with Crippen molar-refractivity contribution in [1.82, 2.24) is 37.2 Å². The summed E-state index contributed by atoms with van der Waals surface area (Å²) in [4.78, 5) is 80.3. The van der Waals surface area contributed by atoms with Gasteiger partial charge in [-0.2, -0.15) is 0 Å². The first-order valence-electron chi connectivity index (χ1n) is 22.7. The van der Waals surface area contributed by atoms with E-state index >= 15 is 0 Å². The molecule has 62 heavy (non-hydrogen) atoms. The molecule has 9 N–H and O–H groups in total. The molecule has 0 spiro atoms. The van der Waals surface area contributed by atoms with Crippen molar-refractivity contribution in [2.75, 3.05) is 13.1 Å². The van der Waals surface area contributed by atoms with Gasteiger partial charge in [0.05, 0.1) is 18.1 Å². The number of fused-ring (bicyclic) bond motifs is 2. The van der Waals surface area contributed by atoms with Crippen LogP contribution in [0.4, 0.5) is 0 Å². The lowest BCUT2D eigenvalue weighted by atomic mass is 9.83. The van der Waals surface area contributed by atoms with Gasteiger partial charge in [0.1, 0.15) is 12.1 Å². The summed E-state index contributed by atoms with van der Waals surface area (Å²) in [5.41, 5.74) is 9.35. The average molecular weight is 851 g/mol. The predicted molar refractivity (Wildman–Crippen MR) is 240 cm³/mol. The Morgan fingerprint density at radius 2 is 1.45 bits per heavy atom. The Bertz CT molecular complexity index is 2080. The molecule has 14 nitrogen and oxygen atoms in total. The molecule has 0 radical (unpaired) electrons. The van der Waals surface area contributed by atoms with E-state index in [9.17, 15) is 28.8 Å². The number of benzene rings is 3. The van der Waals surface area contributed by atoms with E-state index in [4.69, 9.17) is 5.73 Å². The third-order valence-corrected chi connectivity index (χ3v) is 13.0. The van der Waals surface area contributed by atoms with Gasteiger partial charge in [-0.05, 0) is 116 Å². The molecule has 3 aliphatic rings. The second-order valence-electron chi connectivity index (χ2n) is 17.8. The van der Waals surface area contributed by atoms with Crippen molar-refractivity contribution in [3.8, 4) is 0 Å². The number of hydrogen-bond acceptors (Lipinski definition) is 8. The Morgan fingerprint density at radius 1 is 0.758 bits per heavy atom. The quantitative estimate of drug-likeness (QED) is 0.0990. The third kappa shape index (κ3) is 12.0. The van der Waals surface area contributed by atoms with Crippen LogP contribution in [0, 0.1) is 11.8 Å². The second-order valence-corrected chi connectivity index (χ2v) is 17.8. The maximum atomic E-state index is 13.9. The van der Waals surface area contributed by atoms with E-state index < -0.39 is 36.0 Å². The molecule has 334 valence electrons. The lowest BCUT2D eigenvalue weighted by Crippen LogP contribution is -2.59. The highest BCUT2D eigenvalue weighted by Crippen LogP contribution is 2.30. The van der Waals surface area contributed by atoms with Crippen molar-refractivity contribution in [3.05, 3.63) is 82.9 Å². The molecule has 0 aromatic heterocycles. The summed E-state index contributed by atoms with van der Waals surface area (Å²) in [6.07, 6.45) is 8.55. The first-order valence-corrected chi connectivity index (χ1v) is 22.7. The van der Waals surface area contributed by atoms with Crippen LogP contribution in [0.5, 0.6) is 0 Å². The van der Waals surface area contributed by atoms with Gasteiger partial charge in [0.2, 0.25) is 23.6 Å². The minimum atomic E-state index is -0.962. The summed E-state index contributed by atoms with van der Waals surface area (Å²) in [6.45, 7) is 8.28. The van der Waals surface area contributed by atoms with Crippen LogP contribution in [0.3, 0.4) is 0 Å². The summed E-state index contributed by atoms with van der Waals surface area (Å²) in [5, 5.41) is 22.8. The van der Waals surface area contributed by atoms with Crippen molar-refractivity contribution in [2.24, 2.45) is 17.6 Å². The van der Waals surface area contributed by atoms with Gasteiger partial charge in [-0.15, -0.1) is 0 Å². The maximum Gasteiger partial charge on any atom is 0.251 e. The van der Waals surface area contributed by atoms with Gasteiger partial charge < -0.3 is 43.0 Å². The normalized spacial score (nSPS) is 20.8. The molecule has 6 amide bonds. The summed E-state index contributed by atoms with van der Waals surface area (Å²) >= 11 is 0. The third-order valence-electron chi connectivity index (χ3n) is 13.0. The summed E-state index contributed by atoms with van der Waals surface area (Å²) in [5.74, 6) is -1.77. The standard InChI is InChI=1S/C48H66N8O6/c1-5-38(49)45(59)56-42(31-13-7-6-8-14-31)48(62)55-40(46(60)52-29(4)28(2)3)22-23-50-43(57)34-20-18-33-25-35(21-19-32(33)24-34)44(58)53-36-26-41(51-27-36)47(61)54-39-17-11-15-30-12-9-10-16-37(30)39/h9-10,12,16,18-21,24-25,28-29,31,36,38-42,51H,5-8,11,13-15,17,22-23,26-27,49H2,1-4H3,(H,50,57)(H,52,60)(H,53,58)(H,54,61)(H,55,62)(H,56,59)/t29-,36+,38+,39-,40+,41+,42+/m1/s1. The molecular weight excluding hydrogens is 785 g/mol. The van der Waals surface area contributed by atoms with Crippen molar-refractivity contribution >= 4 is 46.2 Å². The van der Waals surface area contributed by atoms with Crippen LogP contribution >= 0.6 is 0 Å². The van der Waals surface area contributed by atoms with Crippen LogP contribution in [0.15, 0.2) is 60.7 Å². The Hall–Kier alpha value is -5.34. The number of amides is 6. The first kappa shape index (κ1) is 46.2. The van der Waals surface area contributed by atoms with Crippen LogP contribution in [-0.4, -0.2) is 84.8 Å². The molecule has 1 saturated heterocycles. The van der Waals surface area contributed by atoms with Crippen molar-refractivity contribution in [1.29, 1.82) is 0 Å². The van der Waals surface area contributed by atoms with Crippen molar-refractivity contribution in [2.45, 2.75) is 141 Å². The molecule has 1 saturated carbocycles. The molecule has 0 unspecified atom stereocenters. The highest BCUT2D eigenvalue weighted by molar-refractivity contribution is 6.02. The summed E-state index contributed by atoms with van der Waals surface area (Å²) in [7, 11) is 0. The molecule has 7 atom stereocenters. The molecule has 3 aromatic carbocycles. The number of nitrogens with two attached hydrogens (primary N) is 1. The monoisotopic (exact) mass is 851 g/mol. The lowest BCUT2D eigenvalue weighted by Gasteiger charge is -2.32. The Labute approximate surface area is 365 Å². The molecule has 0 bridgehead atoms. The second kappa shape index (κ2) is 21.6. The van der Waals surface area contributed by atoms with Gasteiger partial charge in [-0.25, -0.2) is 0 Å². The molecule has 14 heteroatoms. The van der Waals surface area contributed by atoms with Crippen molar-refractivity contribution < 1.29 is 28.8 Å². The van der Waals surface area contributed by atoms with Crippen molar-refractivity contribution in [3.63, 3.8) is 0 Å². The average Bonchev–Trinajstić information content (AvgIpc) is 3.75. The van der Waals surface area contributed by atoms with Gasteiger partial charge in [-0.1, -0.05) is 76.4 Å². The number of hydrogen-bond donors (Lipinski definition) is 8. The van der Waals surface area contributed by atoms with Crippen LogP contribution < -0.4 is 43.0 Å². The van der Waals surface area contributed by atoms with E-state index in [1.54, 1.807) is 36.4 Å². The zero-order valence-corrected chi connectivity index (χ0v) is 36.7. The summed E-state index contributed by atoms with van der Waals surface area (Å²) in [6, 6.07) is 15.5. The fourth-order valence-electron chi connectivity index (χ4n) is 8.78. The van der Waals surface area contributed by atoms with E-state index in [0.717, 1.165) is 62.1 Å². The van der Waals surface area contributed by atoms with Crippen LogP contribution in [0.1, 0.15) is 130 Å². The van der Waals surface area contributed by atoms with E-state index in [2.05, 4.69) is 49.4 Å². The molecule has 1 aliphatic heterocycles. The minimum absolute atomic E-state index is 0.00664. The topological polar surface area (TPSA) is 213 Å². The van der Waals surface area contributed by atoms with Crippen LogP contribution in [0.2, 0.25) is 0 Å². The van der Waals surface area contributed by atoms with Gasteiger partial charge >= 0.3 is 0 Å². The number of aryl methyl sites for hydroxylation is 1. The smallest absolute Gasteiger partial charge is 0.251 e. The molecule has 6 rings (SSSR count). The molecule has 3 aromatic rings. The fourth-order valence-corrected chi connectivity index (χ4v) is 8.78. The SMILES string of the molecule is CC[C@H](N)C(=O)N[C@H](C(=O)N[C@@H](CCNC(=O)c1ccc2cc(C(=O)N[C@@H]3CN[C@H](C(=O)N[C@@H]4CCCc5ccccc54)C3)ccc2c1)C(=O)N[C@H](C)C(C)C)C1CCCCC1. The Balaban J connectivity index is 1.03. The number of rotatable bonds is 17. The van der Waals surface area contributed by atoms with E-state index in [0.29, 0.717) is 30.5 Å². The number of carbonyl (C=O) groups is 6. The molecule has 1 heterocycles. The van der Waals surface area contributed by atoms with E-state index in [1.807, 2.05) is 39.8 Å². The zero-order valence-electron chi connectivity index (χ0n) is 36.7. The van der Waals surface area contributed by atoms with Gasteiger partial charge in [0.25, 0.3) is 11.8 Å². The highest BCUT2D eigenvalue weighted by Gasteiger charge is 2.35. The lowest BCUT2D eigenvalue weighted by molar-refractivity contribution is -0.134. The van der Waals surface area contributed by atoms with Crippen LogP contribution in [0.25, 0.3) is 10.8 Å². The number of carbonyl (C=O) groups excluding carboxylic acids is 6. The van der Waals surface area contributed by atoms with Gasteiger partial charge in [0, 0.05) is 36.3 Å². The minimum Gasteiger partial charge on any atom is -0.352 e. The predicted octanol–water partition coefficient (Wildman–Crippen LogP) is 4.06. The zero-order chi connectivity index (χ0) is 44.3. The van der Waals surface area contributed by atoms with Gasteiger partial charge in [-0.3, -0.25) is 28.8 Å². The molecule has 2 fully saturated rings. The Morgan fingerprint density at radius 3 is 2.15 bits per heavy atom. The fraction of sp³-hybridized carbons (Fsp3) is 0.542. The number of nitrogens with one attached hydrogen (secondary N) is 7. The van der Waals surface area contributed by atoms with E-state index in [1.165, 1.54) is 11.1 Å². The molecular formula is C48H66N8O6. The van der Waals surface area contributed by atoms with Crippen LogP contribution in [-0.2, 0) is 25.6 Å². The summed E-state index contributed by atoms with van der Waals surface area (Å²) < 4.78 is 0. The highest BCUT2D eigenvalue weighted by atomic mass is 16.2. The maximum absolute atomic E-state index is 13.9. The van der Waals surface area contributed by atoms with Gasteiger partial charge in [0.15, 0.2) is 0 Å². The largest absolute Gasteiger partial charge is 0.352 e. The van der Waals surface area contributed by atoms with E-state index in [-0.39, 0.29) is 66.6 Å². The molecule has 2 aliphatic carbocycles. The Kier molecular flexibility index (Phi) is 16.1.